The Labute approximate surface area is 108 Å². The molecule has 1 N–H and O–H groups in total. The minimum absolute atomic E-state index is 0.0638. The van der Waals surface area contributed by atoms with E-state index in [-0.39, 0.29) is 12.3 Å². The Morgan fingerprint density at radius 1 is 1.47 bits per heavy atom. The van der Waals surface area contributed by atoms with Gasteiger partial charge in [-0.3, -0.25) is 14.6 Å². The number of halogens is 1. The van der Waals surface area contributed by atoms with Crippen LogP contribution in [-0.4, -0.2) is 40.5 Å². The van der Waals surface area contributed by atoms with Crippen molar-refractivity contribution in [3.8, 4) is 0 Å². The average Bonchev–Trinajstić information content (AvgIpc) is 2.27. The second-order valence-electron chi connectivity index (χ2n) is 3.62. The van der Waals surface area contributed by atoms with Crippen molar-refractivity contribution in [2.24, 2.45) is 0 Å². The van der Waals surface area contributed by atoms with E-state index in [1.807, 2.05) is 0 Å². The van der Waals surface area contributed by atoms with Crippen LogP contribution >= 0.6 is 15.9 Å². The van der Waals surface area contributed by atoms with E-state index in [2.05, 4.69) is 20.9 Å². The summed E-state index contributed by atoms with van der Waals surface area (Å²) in [6.07, 6.45) is 3.59. The van der Waals surface area contributed by atoms with Crippen molar-refractivity contribution < 1.29 is 14.7 Å². The first-order chi connectivity index (χ1) is 8.00. The summed E-state index contributed by atoms with van der Waals surface area (Å²) in [5.41, 5.74) is 0.484. The number of pyridine rings is 1. The van der Waals surface area contributed by atoms with Gasteiger partial charge in [0.1, 0.15) is 0 Å². The highest BCUT2D eigenvalue weighted by Gasteiger charge is 2.12. The van der Waals surface area contributed by atoms with Crippen molar-refractivity contribution in [1.82, 2.24) is 9.88 Å². The predicted molar refractivity (Wildman–Crippen MR) is 65.8 cm³/mol. The van der Waals surface area contributed by atoms with Gasteiger partial charge in [0.25, 0.3) is 5.91 Å². The van der Waals surface area contributed by atoms with Gasteiger partial charge in [0.05, 0.1) is 5.56 Å². The first kappa shape index (κ1) is 13.6. The van der Waals surface area contributed by atoms with Crippen molar-refractivity contribution in [2.75, 3.05) is 13.6 Å². The molecule has 1 rings (SSSR count). The van der Waals surface area contributed by atoms with E-state index in [9.17, 15) is 9.59 Å². The molecule has 0 saturated carbocycles. The van der Waals surface area contributed by atoms with E-state index in [0.717, 1.165) is 4.47 Å². The Morgan fingerprint density at radius 3 is 2.76 bits per heavy atom. The van der Waals surface area contributed by atoms with Gasteiger partial charge in [0.2, 0.25) is 0 Å². The molecule has 0 atom stereocenters. The normalized spacial score (nSPS) is 10.0. The van der Waals surface area contributed by atoms with Gasteiger partial charge in [-0.05, 0) is 28.4 Å². The van der Waals surface area contributed by atoms with Crippen molar-refractivity contribution in [1.29, 1.82) is 0 Å². The molecule has 0 aliphatic rings. The first-order valence-corrected chi connectivity index (χ1v) is 5.88. The Bertz CT molecular complexity index is 423. The summed E-state index contributed by atoms with van der Waals surface area (Å²) >= 11 is 3.24. The van der Waals surface area contributed by atoms with Crippen molar-refractivity contribution >= 4 is 27.8 Å². The Kier molecular flexibility index (Phi) is 5.09. The van der Waals surface area contributed by atoms with Gasteiger partial charge in [-0.1, -0.05) is 0 Å². The Hall–Kier alpha value is -1.43. The van der Waals surface area contributed by atoms with Crippen LogP contribution in [0.3, 0.4) is 0 Å². The van der Waals surface area contributed by atoms with Crippen LogP contribution in [-0.2, 0) is 4.79 Å². The molecule has 1 heterocycles. The van der Waals surface area contributed by atoms with E-state index in [1.54, 1.807) is 19.3 Å². The summed E-state index contributed by atoms with van der Waals surface area (Å²) in [6, 6.07) is 1.68. The van der Waals surface area contributed by atoms with E-state index < -0.39 is 5.97 Å². The predicted octanol–water partition coefficient (Wildman–Crippen LogP) is 1.78. The molecule has 5 nitrogen and oxygen atoms in total. The first-order valence-electron chi connectivity index (χ1n) is 5.08. The van der Waals surface area contributed by atoms with Crippen molar-refractivity contribution in [3.05, 3.63) is 28.5 Å². The SMILES string of the molecule is CN(CCCC(=O)O)C(=O)c1cncc(Br)c1. The molecule has 6 heteroatoms. The molecule has 0 saturated heterocycles. The van der Waals surface area contributed by atoms with Gasteiger partial charge >= 0.3 is 5.97 Å². The largest absolute Gasteiger partial charge is 0.481 e. The zero-order valence-corrected chi connectivity index (χ0v) is 11.0. The number of carboxylic acid groups (broad SMARTS) is 1. The van der Waals surface area contributed by atoms with Gasteiger partial charge in [-0.2, -0.15) is 0 Å². The van der Waals surface area contributed by atoms with E-state index in [0.29, 0.717) is 18.5 Å². The van der Waals surface area contributed by atoms with Crippen LogP contribution in [0.25, 0.3) is 0 Å². The maximum atomic E-state index is 11.9. The fourth-order valence-corrected chi connectivity index (χ4v) is 1.68. The number of amides is 1. The topological polar surface area (TPSA) is 70.5 Å². The van der Waals surface area contributed by atoms with E-state index in [4.69, 9.17) is 5.11 Å². The number of hydrogen-bond acceptors (Lipinski definition) is 3. The highest BCUT2D eigenvalue weighted by atomic mass is 79.9. The minimum Gasteiger partial charge on any atom is -0.481 e. The Balaban J connectivity index is 2.54. The number of aromatic nitrogens is 1. The molecule has 0 fully saturated rings. The lowest BCUT2D eigenvalue weighted by molar-refractivity contribution is -0.137. The van der Waals surface area contributed by atoms with Crippen molar-refractivity contribution in [2.45, 2.75) is 12.8 Å². The molecule has 0 aliphatic carbocycles. The lowest BCUT2D eigenvalue weighted by atomic mass is 10.2. The molecule has 0 aliphatic heterocycles. The molecule has 0 bridgehead atoms. The molecular weight excluding hydrogens is 288 g/mol. The van der Waals surface area contributed by atoms with Gasteiger partial charge in [0, 0.05) is 36.9 Å². The fourth-order valence-electron chi connectivity index (χ4n) is 1.32. The van der Waals surface area contributed by atoms with Crippen LogP contribution in [0, 0.1) is 0 Å². The third kappa shape index (κ3) is 4.52. The van der Waals surface area contributed by atoms with Crippen LogP contribution < -0.4 is 0 Å². The van der Waals surface area contributed by atoms with Crippen LogP contribution in [0.1, 0.15) is 23.2 Å². The number of aliphatic carboxylic acids is 1. The van der Waals surface area contributed by atoms with Crippen LogP contribution in [0.2, 0.25) is 0 Å². The van der Waals surface area contributed by atoms with Gasteiger partial charge in [-0.25, -0.2) is 0 Å². The van der Waals surface area contributed by atoms with Gasteiger partial charge in [-0.15, -0.1) is 0 Å². The molecule has 0 aromatic carbocycles. The molecule has 0 spiro atoms. The minimum atomic E-state index is -0.852. The molecule has 0 unspecified atom stereocenters. The summed E-state index contributed by atoms with van der Waals surface area (Å²) in [4.78, 5) is 27.6. The fraction of sp³-hybridized carbons (Fsp3) is 0.364. The molecule has 17 heavy (non-hydrogen) atoms. The maximum absolute atomic E-state index is 11.9. The number of rotatable bonds is 5. The molecule has 1 amide bonds. The van der Waals surface area contributed by atoms with Crippen LogP contribution in [0.5, 0.6) is 0 Å². The van der Waals surface area contributed by atoms with E-state index >= 15 is 0 Å². The highest BCUT2D eigenvalue weighted by molar-refractivity contribution is 9.10. The molecule has 1 aromatic rings. The lowest BCUT2D eigenvalue weighted by Crippen LogP contribution is -2.28. The third-order valence-electron chi connectivity index (χ3n) is 2.18. The molecular formula is C11H13BrN2O3. The summed E-state index contributed by atoms with van der Waals surface area (Å²) in [5.74, 6) is -1.01. The number of carbonyl (C=O) groups is 2. The quantitative estimate of drug-likeness (QED) is 0.900. The Morgan fingerprint density at radius 2 is 2.18 bits per heavy atom. The summed E-state index contributed by atoms with van der Waals surface area (Å²) in [7, 11) is 1.64. The van der Waals surface area contributed by atoms with Crippen LogP contribution in [0.15, 0.2) is 22.9 Å². The van der Waals surface area contributed by atoms with Crippen molar-refractivity contribution in [3.63, 3.8) is 0 Å². The zero-order valence-electron chi connectivity index (χ0n) is 9.39. The third-order valence-corrected chi connectivity index (χ3v) is 2.62. The highest BCUT2D eigenvalue weighted by Crippen LogP contribution is 2.11. The summed E-state index contributed by atoms with van der Waals surface area (Å²) in [5, 5.41) is 8.50. The zero-order chi connectivity index (χ0) is 12.8. The molecule has 1 aromatic heterocycles. The smallest absolute Gasteiger partial charge is 0.303 e. The number of carbonyl (C=O) groups excluding carboxylic acids is 1. The van der Waals surface area contributed by atoms with Crippen LogP contribution in [0.4, 0.5) is 0 Å². The monoisotopic (exact) mass is 300 g/mol. The average molecular weight is 301 g/mol. The standard InChI is InChI=1S/C11H13BrN2O3/c1-14(4-2-3-10(15)16)11(17)8-5-9(12)7-13-6-8/h5-7H,2-4H2,1H3,(H,15,16). The number of nitrogens with zero attached hydrogens (tertiary/aromatic N) is 2. The van der Waals surface area contributed by atoms with Gasteiger partial charge in [0.15, 0.2) is 0 Å². The van der Waals surface area contributed by atoms with E-state index in [1.165, 1.54) is 11.1 Å². The maximum Gasteiger partial charge on any atom is 0.303 e. The summed E-state index contributed by atoms with van der Waals surface area (Å²) in [6.45, 7) is 0.414. The molecule has 0 radical (unpaired) electrons. The second-order valence-corrected chi connectivity index (χ2v) is 4.53. The van der Waals surface area contributed by atoms with Gasteiger partial charge < -0.3 is 10.0 Å². The lowest BCUT2D eigenvalue weighted by Gasteiger charge is -2.16. The number of carboxylic acids is 1. The summed E-state index contributed by atoms with van der Waals surface area (Å²) < 4.78 is 0.738. The number of hydrogen-bond donors (Lipinski definition) is 1. The second kappa shape index (κ2) is 6.34. The molecule has 92 valence electrons.